The predicted molar refractivity (Wildman–Crippen MR) is 99.7 cm³/mol. The maximum absolute atomic E-state index is 12.9. The van der Waals surface area contributed by atoms with Gasteiger partial charge in [0.1, 0.15) is 29.9 Å². The summed E-state index contributed by atoms with van der Waals surface area (Å²) >= 11 is 6.05. The van der Waals surface area contributed by atoms with Crippen LogP contribution in [0.2, 0.25) is 5.02 Å². The molecule has 0 fully saturated rings. The Balaban J connectivity index is 1.77. The van der Waals surface area contributed by atoms with Gasteiger partial charge in [-0.1, -0.05) is 23.7 Å². The molecule has 1 aromatic heterocycles. The number of nitriles is 1. The zero-order chi connectivity index (χ0) is 18.5. The van der Waals surface area contributed by atoms with Crippen LogP contribution in [0.1, 0.15) is 17.0 Å². The van der Waals surface area contributed by atoms with Gasteiger partial charge in [-0.05, 0) is 48.0 Å². The molecule has 3 rings (SSSR count). The molecular weight excluding hydrogens is 353 g/mol. The zero-order valence-electron chi connectivity index (χ0n) is 14.0. The zero-order valence-corrected chi connectivity index (χ0v) is 14.7. The minimum absolute atomic E-state index is 0.314. The highest BCUT2D eigenvalue weighted by molar-refractivity contribution is 6.30. The molecule has 0 saturated carbocycles. The van der Waals surface area contributed by atoms with E-state index in [-0.39, 0.29) is 5.82 Å². The van der Waals surface area contributed by atoms with E-state index in [9.17, 15) is 9.65 Å². The van der Waals surface area contributed by atoms with Gasteiger partial charge >= 0.3 is 0 Å². The highest BCUT2D eigenvalue weighted by atomic mass is 35.5. The number of rotatable bonds is 6. The summed E-state index contributed by atoms with van der Waals surface area (Å²) in [5.41, 5.74) is 8.99. The molecule has 3 aromatic rings. The summed E-state index contributed by atoms with van der Waals surface area (Å²) in [6.07, 6.45) is 0.560. The van der Waals surface area contributed by atoms with Crippen molar-refractivity contribution in [3.05, 3.63) is 82.4 Å². The second-order valence-corrected chi connectivity index (χ2v) is 6.24. The fraction of sp³-hybridized carbons (Fsp3) is 0.150. The molecule has 0 atom stereocenters. The van der Waals surface area contributed by atoms with Crippen molar-refractivity contribution < 1.29 is 9.13 Å². The minimum atomic E-state index is -0.314. The number of hydrogen-bond acceptors (Lipinski definition) is 3. The molecule has 0 aliphatic heterocycles. The second-order valence-electron chi connectivity index (χ2n) is 5.80. The summed E-state index contributed by atoms with van der Waals surface area (Å²) in [5, 5.41) is 10.0. The molecule has 0 aliphatic rings. The quantitative estimate of drug-likeness (QED) is 0.700. The Morgan fingerprint density at radius 2 is 1.92 bits per heavy atom. The number of anilines is 1. The van der Waals surface area contributed by atoms with E-state index in [4.69, 9.17) is 22.1 Å². The summed E-state index contributed by atoms with van der Waals surface area (Å²) in [6.45, 7) is 0.782. The lowest BCUT2D eigenvalue weighted by Gasteiger charge is -2.13. The molecule has 0 amide bonds. The van der Waals surface area contributed by atoms with E-state index >= 15 is 0 Å². The number of nitrogens with zero attached hydrogens (tertiary/aromatic N) is 2. The monoisotopic (exact) mass is 369 g/mol. The normalized spacial score (nSPS) is 10.5. The number of halogens is 2. The number of nitrogens with two attached hydrogens (primary N) is 1. The van der Waals surface area contributed by atoms with Crippen molar-refractivity contribution in [1.29, 1.82) is 5.26 Å². The first-order valence-corrected chi connectivity index (χ1v) is 8.45. The average molecular weight is 370 g/mol. The smallest absolute Gasteiger partial charge is 0.123 e. The summed E-state index contributed by atoms with van der Waals surface area (Å²) in [5.74, 6) is 0.257. The van der Waals surface area contributed by atoms with Gasteiger partial charge in [-0.2, -0.15) is 5.26 Å². The highest BCUT2D eigenvalue weighted by Gasteiger charge is 2.14. The van der Waals surface area contributed by atoms with Gasteiger partial charge in [0.15, 0.2) is 0 Å². The van der Waals surface area contributed by atoms with E-state index in [2.05, 4.69) is 6.07 Å². The van der Waals surface area contributed by atoms with Crippen molar-refractivity contribution in [2.75, 3.05) is 12.3 Å². The van der Waals surface area contributed by atoms with Crippen LogP contribution in [0.25, 0.3) is 0 Å². The van der Waals surface area contributed by atoms with E-state index in [0.29, 0.717) is 41.7 Å². The molecule has 0 aliphatic carbocycles. The third-order valence-corrected chi connectivity index (χ3v) is 4.25. The van der Waals surface area contributed by atoms with Crippen LogP contribution >= 0.6 is 11.6 Å². The Kier molecular flexibility index (Phi) is 5.45. The maximum atomic E-state index is 12.9. The molecule has 6 heteroatoms. The van der Waals surface area contributed by atoms with Gasteiger partial charge in [0.2, 0.25) is 0 Å². The molecule has 4 nitrogen and oxygen atoms in total. The number of hydrogen-bond donors (Lipinski definition) is 1. The van der Waals surface area contributed by atoms with E-state index < -0.39 is 0 Å². The van der Waals surface area contributed by atoms with Gasteiger partial charge in [0.25, 0.3) is 0 Å². The molecule has 0 unspecified atom stereocenters. The number of aromatic nitrogens is 1. The standard InChI is InChI=1S/C20H17ClFN3O/c21-15-3-1-2-14(10-15)11-20-19(24)12-17(13-23)25(20)8-9-26-18-6-4-16(22)5-7-18/h1-7,10,12H,8-9,11,24H2. The summed E-state index contributed by atoms with van der Waals surface area (Å²) in [4.78, 5) is 0. The topological polar surface area (TPSA) is 64.0 Å². The molecular formula is C20H17ClFN3O. The van der Waals surface area contributed by atoms with E-state index in [0.717, 1.165) is 11.3 Å². The van der Waals surface area contributed by atoms with Crippen LogP contribution in [0.4, 0.5) is 10.1 Å². The maximum Gasteiger partial charge on any atom is 0.123 e. The molecule has 26 heavy (non-hydrogen) atoms. The van der Waals surface area contributed by atoms with Crippen molar-refractivity contribution in [2.24, 2.45) is 0 Å². The Morgan fingerprint density at radius 3 is 2.62 bits per heavy atom. The lowest BCUT2D eigenvalue weighted by molar-refractivity contribution is 0.296. The summed E-state index contributed by atoms with van der Waals surface area (Å²) < 4.78 is 20.4. The van der Waals surface area contributed by atoms with Crippen LogP contribution in [-0.2, 0) is 13.0 Å². The van der Waals surface area contributed by atoms with E-state index in [1.54, 1.807) is 18.2 Å². The van der Waals surface area contributed by atoms with Crippen LogP contribution in [0.15, 0.2) is 54.6 Å². The average Bonchev–Trinajstić information content (AvgIpc) is 2.92. The Hall–Kier alpha value is -2.97. The number of nitrogen functional groups attached to an aromatic ring is 1. The lowest BCUT2D eigenvalue weighted by atomic mass is 10.1. The van der Waals surface area contributed by atoms with Gasteiger partial charge in [0, 0.05) is 17.1 Å². The Morgan fingerprint density at radius 1 is 1.15 bits per heavy atom. The predicted octanol–water partition coefficient (Wildman–Crippen LogP) is 4.40. The van der Waals surface area contributed by atoms with Gasteiger partial charge in [-0.15, -0.1) is 0 Å². The van der Waals surface area contributed by atoms with E-state index in [1.165, 1.54) is 12.1 Å². The minimum Gasteiger partial charge on any atom is -0.492 e. The lowest BCUT2D eigenvalue weighted by Crippen LogP contribution is -2.13. The fourth-order valence-corrected chi connectivity index (χ4v) is 2.99. The van der Waals surface area contributed by atoms with Gasteiger partial charge in [-0.3, -0.25) is 0 Å². The molecule has 0 saturated heterocycles. The molecule has 2 aromatic carbocycles. The molecule has 0 bridgehead atoms. The first-order valence-electron chi connectivity index (χ1n) is 8.07. The van der Waals surface area contributed by atoms with E-state index in [1.807, 2.05) is 28.8 Å². The first kappa shape index (κ1) is 17.8. The van der Waals surface area contributed by atoms with Crippen molar-refractivity contribution in [1.82, 2.24) is 4.57 Å². The van der Waals surface area contributed by atoms with Gasteiger partial charge < -0.3 is 15.0 Å². The van der Waals surface area contributed by atoms with Crippen LogP contribution in [0.5, 0.6) is 5.75 Å². The van der Waals surface area contributed by atoms with Crippen LogP contribution < -0.4 is 10.5 Å². The summed E-state index contributed by atoms with van der Waals surface area (Å²) in [6, 6.07) is 17.2. The second kappa shape index (κ2) is 7.94. The van der Waals surface area contributed by atoms with Crippen LogP contribution in [0.3, 0.4) is 0 Å². The number of ether oxygens (including phenoxy) is 1. The largest absolute Gasteiger partial charge is 0.492 e. The molecule has 132 valence electrons. The first-order chi connectivity index (χ1) is 12.6. The van der Waals surface area contributed by atoms with Crippen molar-refractivity contribution in [2.45, 2.75) is 13.0 Å². The van der Waals surface area contributed by atoms with Crippen LogP contribution in [-0.4, -0.2) is 11.2 Å². The molecule has 1 heterocycles. The Labute approximate surface area is 156 Å². The Bertz CT molecular complexity index is 945. The number of benzene rings is 2. The highest BCUT2D eigenvalue weighted by Crippen LogP contribution is 2.23. The third kappa shape index (κ3) is 4.16. The SMILES string of the molecule is N#Cc1cc(N)c(Cc2cccc(Cl)c2)n1CCOc1ccc(F)cc1. The fourth-order valence-electron chi connectivity index (χ4n) is 2.78. The van der Waals surface area contributed by atoms with Crippen molar-refractivity contribution >= 4 is 17.3 Å². The van der Waals surface area contributed by atoms with Crippen molar-refractivity contribution in [3.63, 3.8) is 0 Å². The molecule has 0 spiro atoms. The van der Waals surface area contributed by atoms with Crippen LogP contribution in [0, 0.1) is 17.1 Å². The van der Waals surface area contributed by atoms with Gasteiger partial charge in [-0.25, -0.2) is 4.39 Å². The van der Waals surface area contributed by atoms with Crippen molar-refractivity contribution in [3.8, 4) is 11.8 Å². The molecule has 2 N–H and O–H groups in total. The third-order valence-electron chi connectivity index (χ3n) is 4.01. The summed E-state index contributed by atoms with van der Waals surface area (Å²) in [7, 11) is 0. The van der Waals surface area contributed by atoms with Gasteiger partial charge in [0.05, 0.1) is 12.2 Å². The molecule has 0 radical (unpaired) electrons.